The third kappa shape index (κ3) is 5.26. The molecule has 1 spiro atoms. The van der Waals surface area contributed by atoms with Crippen LogP contribution in [0.4, 0.5) is 17.1 Å². The van der Waals surface area contributed by atoms with Gasteiger partial charge >= 0.3 is 0 Å². The van der Waals surface area contributed by atoms with E-state index in [2.05, 4.69) is 229 Å². The Bertz CT molecular complexity index is 2870. The highest BCUT2D eigenvalue weighted by Crippen LogP contribution is 2.63. The molecule has 0 N–H and O–H groups in total. The monoisotopic (exact) mass is 727 g/mol. The Morgan fingerprint density at radius 2 is 0.807 bits per heavy atom. The van der Waals surface area contributed by atoms with Crippen LogP contribution in [0.25, 0.3) is 44.5 Å². The molecule has 0 amide bonds. The molecule has 11 rings (SSSR count). The molecule has 0 radical (unpaired) electrons. The van der Waals surface area contributed by atoms with Gasteiger partial charge in [0.05, 0.1) is 11.1 Å². The predicted molar refractivity (Wildman–Crippen MR) is 235 cm³/mol. The lowest BCUT2D eigenvalue weighted by atomic mass is 9.66. The van der Waals surface area contributed by atoms with Gasteiger partial charge in [0, 0.05) is 28.1 Å². The summed E-state index contributed by atoms with van der Waals surface area (Å²) < 4.78 is 6.71. The van der Waals surface area contributed by atoms with Crippen molar-refractivity contribution in [2.75, 3.05) is 4.90 Å². The molecule has 0 atom stereocenters. The van der Waals surface area contributed by atoms with Crippen LogP contribution in [0.5, 0.6) is 11.5 Å². The van der Waals surface area contributed by atoms with E-state index in [0.29, 0.717) is 0 Å². The number of rotatable bonds is 6. The van der Waals surface area contributed by atoms with E-state index in [4.69, 9.17) is 4.74 Å². The number of fused-ring (bicyclic) bond motifs is 9. The van der Waals surface area contributed by atoms with Crippen molar-refractivity contribution in [1.82, 2.24) is 0 Å². The summed E-state index contributed by atoms with van der Waals surface area (Å²) in [5, 5.41) is 0. The van der Waals surface area contributed by atoms with E-state index < -0.39 is 5.41 Å². The first-order valence-corrected chi connectivity index (χ1v) is 19.6. The maximum atomic E-state index is 6.71. The average Bonchev–Trinajstić information content (AvgIpc) is 3.57. The number of anilines is 3. The van der Waals surface area contributed by atoms with E-state index >= 15 is 0 Å². The van der Waals surface area contributed by atoms with Crippen LogP contribution < -0.4 is 9.64 Å². The van der Waals surface area contributed by atoms with Gasteiger partial charge < -0.3 is 9.64 Å². The van der Waals surface area contributed by atoms with Crippen LogP contribution in [0.2, 0.25) is 0 Å². The molecule has 9 aromatic carbocycles. The summed E-state index contributed by atoms with van der Waals surface area (Å²) in [6, 6.07) is 81.1. The van der Waals surface area contributed by atoms with Crippen molar-refractivity contribution >= 4 is 17.1 Å². The third-order valence-electron chi connectivity index (χ3n) is 11.8. The van der Waals surface area contributed by atoms with Crippen molar-refractivity contribution in [1.29, 1.82) is 0 Å². The molecule has 2 heteroatoms. The molecule has 0 saturated carbocycles. The van der Waals surface area contributed by atoms with Gasteiger partial charge in [0.1, 0.15) is 11.5 Å². The van der Waals surface area contributed by atoms with Gasteiger partial charge in [-0.05, 0) is 98.6 Å². The van der Waals surface area contributed by atoms with Crippen LogP contribution in [0.15, 0.2) is 224 Å². The molecule has 0 saturated heterocycles. The summed E-state index contributed by atoms with van der Waals surface area (Å²) in [4.78, 5) is 2.43. The molecule has 2 nitrogen and oxygen atoms in total. The van der Waals surface area contributed by atoms with Gasteiger partial charge in [-0.3, -0.25) is 0 Å². The summed E-state index contributed by atoms with van der Waals surface area (Å²) in [5.41, 5.74) is 17.1. The van der Waals surface area contributed by atoms with Gasteiger partial charge in [0.15, 0.2) is 0 Å². The summed E-state index contributed by atoms with van der Waals surface area (Å²) in [7, 11) is 0. The van der Waals surface area contributed by atoms with Gasteiger partial charge in [-0.1, -0.05) is 176 Å². The summed E-state index contributed by atoms with van der Waals surface area (Å²) in [5.74, 6) is 1.77. The maximum absolute atomic E-state index is 6.71. The second-order valence-electron chi connectivity index (χ2n) is 14.8. The van der Waals surface area contributed by atoms with Crippen LogP contribution in [0, 0.1) is 0 Å². The second-order valence-corrected chi connectivity index (χ2v) is 14.8. The molecule has 0 bridgehead atoms. The third-order valence-corrected chi connectivity index (χ3v) is 11.8. The number of nitrogens with zero attached hydrogens (tertiary/aromatic N) is 1. The van der Waals surface area contributed by atoms with Gasteiger partial charge in [-0.2, -0.15) is 0 Å². The van der Waals surface area contributed by atoms with Crippen molar-refractivity contribution in [3.8, 4) is 56.0 Å². The highest BCUT2D eigenvalue weighted by Gasteiger charge is 2.51. The SMILES string of the molecule is c1ccc(-c2ccc(N(c3ccc4c(c3)C3(c5ccccc5Oc5ccccc53)c3ccc(-c5ccccc5)cc3-4)c3ccccc3-c3ccccc3)cc2)cc1. The lowest BCUT2D eigenvalue weighted by Gasteiger charge is -2.39. The first-order valence-electron chi connectivity index (χ1n) is 19.6. The number of hydrogen-bond donors (Lipinski definition) is 0. The molecule has 9 aromatic rings. The molecule has 2 aliphatic rings. The van der Waals surface area contributed by atoms with Crippen molar-refractivity contribution in [3.05, 3.63) is 247 Å². The Morgan fingerprint density at radius 1 is 0.298 bits per heavy atom. The lowest BCUT2D eigenvalue weighted by molar-refractivity contribution is 0.436. The standard InChI is InChI=1S/C55H37NO/c1-4-16-38(17-5-1)40-28-31-43(32-29-40)56(52-25-13-10-22-45(52)41-20-8-3-9-21-41)44-33-34-46-47-36-42(39-18-6-2-7-19-39)30-35-48(47)55(51(46)37-44)49-23-11-14-26-53(49)57-54-27-15-12-24-50(54)55/h1-37H. The minimum absolute atomic E-state index is 0.608. The molecule has 0 unspecified atom stereocenters. The Labute approximate surface area is 333 Å². The van der Waals surface area contributed by atoms with Gasteiger partial charge in [0.2, 0.25) is 0 Å². The number of benzene rings is 9. The van der Waals surface area contributed by atoms with Crippen LogP contribution >= 0.6 is 0 Å². The zero-order valence-electron chi connectivity index (χ0n) is 31.2. The molecule has 0 aromatic heterocycles. The van der Waals surface area contributed by atoms with Gasteiger partial charge in [-0.25, -0.2) is 0 Å². The normalized spacial score (nSPS) is 12.8. The summed E-state index contributed by atoms with van der Waals surface area (Å²) in [6.07, 6.45) is 0. The predicted octanol–water partition coefficient (Wildman–Crippen LogP) is 14.6. The molecule has 57 heavy (non-hydrogen) atoms. The minimum Gasteiger partial charge on any atom is -0.457 e. The van der Waals surface area contributed by atoms with Crippen LogP contribution in [0.1, 0.15) is 22.3 Å². The van der Waals surface area contributed by atoms with Crippen LogP contribution in [-0.4, -0.2) is 0 Å². The highest BCUT2D eigenvalue weighted by molar-refractivity contribution is 5.94. The first kappa shape index (κ1) is 33.0. The zero-order valence-corrected chi connectivity index (χ0v) is 31.2. The first-order chi connectivity index (χ1) is 28.3. The number of ether oxygens (including phenoxy) is 1. The van der Waals surface area contributed by atoms with Crippen LogP contribution in [0.3, 0.4) is 0 Å². The molecular formula is C55H37NO. The topological polar surface area (TPSA) is 12.5 Å². The maximum Gasteiger partial charge on any atom is 0.132 e. The molecular weight excluding hydrogens is 691 g/mol. The highest BCUT2D eigenvalue weighted by atomic mass is 16.5. The quantitative estimate of drug-likeness (QED) is 0.169. The van der Waals surface area contributed by atoms with Crippen LogP contribution in [-0.2, 0) is 5.41 Å². The zero-order chi connectivity index (χ0) is 37.8. The summed E-state index contributed by atoms with van der Waals surface area (Å²) >= 11 is 0. The van der Waals surface area contributed by atoms with E-state index in [-0.39, 0.29) is 0 Å². The van der Waals surface area contributed by atoms with E-state index in [1.807, 2.05) is 0 Å². The Kier molecular flexibility index (Phi) is 7.75. The van der Waals surface area contributed by atoms with Crippen molar-refractivity contribution in [2.45, 2.75) is 5.41 Å². The van der Waals surface area contributed by atoms with E-state index in [9.17, 15) is 0 Å². The Morgan fingerprint density at radius 3 is 1.47 bits per heavy atom. The Balaban J connectivity index is 1.19. The van der Waals surface area contributed by atoms with E-state index in [1.165, 1.54) is 50.1 Å². The van der Waals surface area contributed by atoms with Gasteiger partial charge in [-0.15, -0.1) is 0 Å². The Hall–Kier alpha value is -7.42. The average molecular weight is 728 g/mol. The minimum atomic E-state index is -0.608. The smallest absolute Gasteiger partial charge is 0.132 e. The fraction of sp³-hybridized carbons (Fsp3) is 0.0182. The largest absolute Gasteiger partial charge is 0.457 e. The molecule has 1 heterocycles. The molecule has 1 aliphatic carbocycles. The molecule has 268 valence electrons. The number of para-hydroxylation sites is 3. The second kappa shape index (κ2) is 13.4. The van der Waals surface area contributed by atoms with Crippen molar-refractivity contribution < 1.29 is 4.74 Å². The van der Waals surface area contributed by atoms with Gasteiger partial charge in [0.25, 0.3) is 0 Å². The van der Waals surface area contributed by atoms with E-state index in [1.54, 1.807) is 0 Å². The van der Waals surface area contributed by atoms with Crippen molar-refractivity contribution in [2.24, 2.45) is 0 Å². The van der Waals surface area contributed by atoms with Crippen molar-refractivity contribution in [3.63, 3.8) is 0 Å². The molecule has 0 fully saturated rings. The lowest BCUT2D eigenvalue weighted by Crippen LogP contribution is -2.32. The van der Waals surface area contributed by atoms with E-state index in [0.717, 1.165) is 45.3 Å². The molecule has 1 aliphatic heterocycles. The summed E-state index contributed by atoms with van der Waals surface area (Å²) in [6.45, 7) is 0. The fourth-order valence-electron chi connectivity index (χ4n) is 9.23. The number of hydrogen-bond acceptors (Lipinski definition) is 2. The fourth-order valence-corrected chi connectivity index (χ4v) is 9.23.